The normalized spacial score (nSPS) is 15.6. The Balaban J connectivity index is 1.52. The van der Waals surface area contributed by atoms with Crippen LogP contribution >= 0.6 is 10.5 Å². The first-order chi connectivity index (χ1) is 15.9. The lowest BCUT2D eigenvalue weighted by molar-refractivity contribution is -0.159. The van der Waals surface area contributed by atoms with Crippen LogP contribution in [0.3, 0.4) is 0 Å². The first-order valence-electron chi connectivity index (χ1n) is 11.1. The highest BCUT2D eigenvalue weighted by atomic mass is 32.2. The fourth-order valence-electron chi connectivity index (χ4n) is 4.55. The number of rotatable bonds is 5. The van der Waals surface area contributed by atoms with Crippen LogP contribution in [-0.2, 0) is 9.53 Å². The van der Waals surface area contributed by atoms with Gasteiger partial charge >= 0.3 is 5.97 Å². The van der Waals surface area contributed by atoms with Crippen molar-refractivity contribution in [3.05, 3.63) is 82.8 Å². The van der Waals surface area contributed by atoms with Gasteiger partial charge in [-0.2, -0.15) is 0 Å². The van der Waals surface area contributed by atoms with Crippen molar-refractivity contribution in [2.45, 2.75) is 38.2 Å². The molecule has 1 atom stereocenters. The molecule has 33 heavy (non-hydrogen) atoms. The molecule has 6 heteroatoms. The topological polar surface area (TPSA) is 52.6 Å². The van der Waals surface area contributed by atoms with Crippen LogP contribution in [0.15, 0.2) is 71.5 Å². The van der Waals surface area contributed by atoms with E-state index in [9.17, 15) is 14.0 Å². The summed E-state index contributed by atoms with van der Waals surface area (Å²) >= 11 is 0. The van der Waals surface area contributed by atoms with E-state index in [0.717, 1.165) is 40.0 Å². The van der Waals surface area contributed by atoms with Crippen molar-refractivity contribution in [1.82, 2.24) is 0 Å². The molecule has 0 amide bonds. The van der Waals surface area contributed by atoms with E-state index in [0.29, 0.717) is 16.5 Å². The number of ether oxygens (including phenoxy) is 2. The number of carbonyl (C=O) groups is 1. The monoisotopic (exact) mass is 463 g/mol. The van der Waals surface area contributed by atoms with Crippen molar-refractivity contribution in [2.24, 2.45) is 0 Å². The molecule has 1 fully saturated rings. The fourth-order valence-corrected chi connectivity index (χ4v) is 6.87. The van der Waals surface area contributed by atoms with Crippen molar-refractivity contribution in [3.8, 4) is 10.6 Å². The van der Waals surface area contributed by atoms with Gasteiger partial charge in [-0.15, -0.1) is 0 Å². The highest BCUT2D eigenvalue weighted by Gasteiger charge is 2.32. The number of benzene rings is 3. The zero-order valence-corrected chi connectivity index (χ0v) is 19.1. The lowest BCUT2D eigenvalue weighted by Crippen LogP contribution is -2.30. The van der Waals surface area contributed by atoms with E-state index in [2.05, 4.69) is 0 Å². The second-order valence-electron chi connectivity index (χ2n) is 8.66. The SMILES string of the molecule is CC1(OC(=O)COc2ccc3c(c2)c(=O)c2ccccc2[s+]3-c2ccc(F)cc2)CCCC1. The van der Waals surface area contributed by atoms with Crippen LogP contribution in [0.5, 0.6) is 5.75 Å². The molecule has 0 bridgehead atoms. The smallest absolute Gasteiger partial charge is 0.344 e. The lowest BCUT2D eigenvalue weighted by Gasteiger charge is -2.23. The van der Waals surface area contributed by atoms with Crippen LogP contribution in [0.1, 0.15) is 32.6 Å². The van der Waals surface area contributed by atoms with E-state index in [1.54, 1.807) is 24.3 Å². The highest BCUT2D eigenvalue weighted by Crippen LogP contribution is 2.43. The molecule has 4 nitrogen and oxygen atoms in total. The van der Waals surface area contributed by atoms with Crippen molar-refractivity contribution in [1.29, 1.82) is 0 Å². The second kappa shape index (κ2) is 8.60. The van der Waals surface area contributed by atoms with Crippen LogP contribution in [-0.4, -0.2) is 18.2 Å². The predicted octanol–water partition coefficient (Wildman–Crippen LogP) is 6.49. The third kappa shape index (κ3) is 4.23. The van der Waals surface area contributed by atoms with Gasteiger partial charge < -0.3 is 9.47 Å². The standard InChI is InChI=1S/C27H24FO4S/c1-27(14-4-5-15-27)32-25(29)17-31-19-10-13-24-22(16-19)26(30)21-6-2-3-7-23(21)33(24)20-11-8-18(28)9-12-20/h2-3,6-13,16H,4-5,14-15,17H2,1H3/q+1. The molecular formula is C27H24FO4S+. The van der Waals surface area contributed by atoms with Gasteiger partial charge in [0, 0.05) is 28.7 Å². The van der Waals surface area contributed by atoms with Gasteiger partial charge in [0.25, 0.3) is 0 Å². The fraction of sp³-hybridized carbons (Fsp3) is 0.259. The molecule has 5 rings (SSSR count). The molecule has 1 unspecified atom stereocenters. The highest BCUT2D eigenvalue weighted by molar-refractivity contribution is 7.49. The molecule has 1 aromatic heterocycles. The minimum Gasteiger partial charge on any atom is -0.482 e. The van der Waals surface area contributed by atoms with Gasteiger partial charge in [0.05, 0.1) is 10.8 Å². The molecule has 0 N–H and O–H groups in total. The Labute approximate surface area is 193 Å². The van der Waals surface area contributed by atoms with Crippen LogP contribution in [0.4, 0.5) is 4.39 Å². The number of esters is 1. The summed E-state index contributed by atoms with van der Waals surface area (Å²) in [5.74, 6) is -0.261. The van der Waals surface area contributed by atoms with E-state index in [1.165, 1.54) is 12.1 Å². The molecule has 168 valence electrons. The molecule has 0 spiro atoms. The van der Waals surface area contributed by atoms with E-state index >= 15 is 0 Å². The Morgan fingerprint density at radius 3 is 2.42 bits per heavy atom. The van der Waals surface area contributed by atoms with Crippen molar-refractivity contribution in [3.63, 3.8) is 0 Å². The number of fused-ring (bicyclic) bond motifs is 2. The van der Waals surface area contributed by atoms with Crippen molar-refractivity contribution in [2.75, 3.05) is 6.61 Å². The van der Waals surface area contributed by atoms with E-state index in [1.807, 2.05) is 37.3 Å². The van der Waals surface area contributed by atoms with Gasteiger partial charge in [-0.25, -0.2) is 9.18 Å². The summed E-state index contributed by atoms with van der Waals surface area (Å²) in [6.07, 6.45) is 3.87. The average Bonchev–Trinajstić information content (AvgIpc) is 3.25. The Morgan fingerprint density at radius 2 is 1.67 bits per heavy atom. The van der Waals surface area contributed by atoms with Crippen LogP contribution < -0.4 is 10.2 Å². The summed E-state index contributed by atoms with van der Waals surface area (Å²) in [5.41, 5.74) is -0.489. The number of carbonyl (C=O) groups excluding carboxylic acids is 1. The molecule has 0 radical (unpaired) electrons. The summed E-state index contributed by atoms with van der Waals surface area (Å²) < 4.78 is 26.7. The predicted molar refractivity (Wildman–Crippen MR) is 130 cm³/mol. The summed E-state index contributed by atoms with van der Waals surface area (Å²) in [7, 11) is -0.552. The maximum Gasteiger partial charge on any atom is 0.344 e. The summed E-state index contributed by atoms with van der Waals surface area (Å²) in [6.45, 7) is 1.76. The summed E-state index contributed by atoms with van der Waals surface area (Å²) in [6, 6.07) is 19.3. The molecule has 0 aliphatic heterocycles. The maximum absolute atomic E-state index is 13.6. The summed E-state index contributed by atoms with van der Waals surface area (Å²) in [5, 5.41) is 1.17. The summed E-state index contributed by atoms with van der Waals surface area (Å²) in [4.78, 5) is 26.5. The third-order valence-electron chi connectivity index (χ3n) is 6.19. The molecule has 1 heterocycles. The van der Waals surface area contributed by atoms with Crippen LogP contribution in [0.2, 0.25) is 0 Å². The van der Waals surface area contributed by atoms with Gasteiger partial charge in [-0.1, -0.05) is 12.1 Å². The first-order valence-corrected chi connectivity index (χ1v) is 12.3. The third-order valence-corrected chi connectivity index (χ3v) is 8.53. The average molecular weight is 464 g/mol. The Bertz CT molecular complexity index is 1400. The Hall–Kier alpha value is -3.25. The number of hydrogen-bond donors (Lipinski definition) is 0. The first kappa shape index (κ1) is 21.6. The molecule has 0 saturated heterocycles. The van der Waals surface area contributed by atoms with Gasteiger partial charge in [0.1, 0.15) is 17.2 Å². The quantitative estimate of drug-likeness (QED) is 0.193. The minimum atomic E-state index is -0.552. The lowest BCUT2D eigenvalue weighted by atomic mass is 10.1. The van der Waals surface area contributed by atoms with Crippen molar-refractivity contribution >= 4 is 36.6 Å². The molecular weight excluding hydrogens is 439 g/mol. The zero-order chi connectivity index (χ0) is 23.0. The molecule has 1 aliphatic carbocycles. The Kier molecular flexibility index (Phi) is 5.62. The Morgan fingerprint density at radius 1 is 0.970 bits per heavy atom. The van der Waals surface area contributed by atoms with Gasteiger partial charge in [-0.3, -0.25) is 4.79 Å². The maximum atomic E-state index is 13.6. The van der Waals surface area contributed by atoms with Gasteiger partial charge in [0.2, 0.25) is 5.43 Å². The molecule has 3 aromatic carbocycles. The molecule has 4 aromatic rings. The van der Waals surface area contributed by atoms with Crippen LogP contribution in [0, 0.1) is 5.82 Å². The van der Waals surface area contributed by atoms with Crippen LogP contribution in [0.25, 0.3) is 25.1 Å². The van der Waals surface area contributed by atoms with Crippen molar-refractivity contribution < 1.29 is 18.7 Å². The van der Waals surface area contributed by atoms with Gasteiger partial charge in [0.15, 0.2) is 20.9 Å². The van der Waals surface area contributed by atoms with E-state index in [-0.39, 0.29) is 17.9 Å². The van der Waals surface area contributed by atoms with E-state index < -0.39 is 22.0 Å². The van der Waals surface area contributed by atoms with E-state index in [4.69, 9.17) is 9.47 Å². The second-order valence-corrected chi connectivity index (χ2v) is 10.6. The zero-order valence-electron chi connectivity index (χ0n) is 18.3. The number of hydrogen-bond acceptors (Lipinski definition) is 4. The minimum absolute atomic E-state index is 0.0852. The van der Waals surface area contributed by atoms with Gasteiger partial charge in [-0.05, 0) is 69.0 Å². The largest absolute Gasteiger partial charge is 0.482 e. The molecule has 1 aliphatic rings. The number of halogens is 1. The molecule has 1 saturated carbocycles.